The van der Waals surface area contributed by atoms with E-state index < -0.39 is 0 Å². The molecule has 70 valence electrons. The Hall–Kier alpha value is -0.630. The molecule has 1 N–H and O–H groups in total. The van der Waals surface area contributed by atoms with E-state index in [1.807, 2.05) is 13.0 Å². The van der Waals surface area contributed by atoms with Gasteiger partial charge in [0.05, 0.1) is 0 Å². The normalized spacial score (nSPS) is 24.0. The maximum absolute atomic E-state index is 7.80. The third-order valence-electron chi connectivity index (χ3n) is 2.19. The Kier molecular flexibility index (Phi) is 3.67. The lowest BCUT2D eigenvalue weighted by Gasteiger charge is -2.18. The Bertz CT molecular complexity index is 297. The van der Waals surface area contributed by atoms with Crippen LogP contribution < -0.4 is 0 Å². The van der Waals surface area contributed by atoms with Gasteiger partial charge in [-0.05, 0) is 43.4 Å². The van der Waals surface area contributed by atoms with Crippen molar-refractivity contribution in [3.05, 3.63) is 34.4 Å². The Balaban J connectivity index is 2.99. The molecule has 0 radical (unpaired) electrons. The van der Waals surface area contributed by atoms with E-state index in [4.69, 9.17) is 5.41 Å². The number of hydrogen-bond donors (Lipinski definition) is 1. The van der Waals surface area contributed by atoms with Gasteiger partial charge in [-0.1, -0.05) is 28.6 Å². The summed E-state index contributed by atoms with van der Waals surface area (Å²) in [5.41, 5.74) is 3.06. The maximum atomic E-state index is 7.80. The van der Waals surface area contributed by atoms with Gasteiger partial charge < -0.3 is 5.41 Å². The molecule has 1 fully saturated rings. The second-order valence-electron chi connectivity index (χ2n) is 3.15. The Morgan fingerprint density at radius 2 is 2.23 bits per heavy atom. The van der Waals surface area contributed by atoms with E-state index in [1.165, 1.54) is 5.57 Å². The molecule has 0 aromatic heterocycles. The third kappa shape index (κ3) is 2.66. The van der Waals surface area contributed by atoms with Crippen molar-refractivity contribution < 1.29 is 0 Å². The fraction of sp³-hybridized carbons (Fsp3) is 0.364. The van der Waals surface area contributed by atoms with Crippen molar-refractivity contribution in [3.63, 3.8) is 0 Å². The molecular formula is C11H14BrN. The molecule has 0 spiro atoms. The SMILES string of the molecule is C=C(Br)/C=C1/C(=N)CCC/C1=C/C. The highest BCUT2D eigenvalue weighted by Gasteiger charge is 2.15. The molecule has 1 aliphatic carbocycles. The summed E-state index contributed by atoms with van der Waals surface area (Å²) < 4.78 is 0.841. The summed E-state index contributed by atoms with van der Waals surface area (Å²) in [4.78, 5) is 0. The standard InChI is InChI=1S/C11H14BrN/c1-3-9-5-4-6-11(13)10(9)7-8(2)12/h3,7,13H,2,4-6H2,1H3/b9-3-,10-7+,13-11?. The molecule has 0 aromatic carbocycles. The fourth-order valence-electron chi connectivity index (χ4n) is 1.56. The van der Waals surface area contributed by atoms with Crippen molar-refractivity contribution >= 4 is 21.6 Å². The molecule has 0 bridgehead atoms. The number of allylic oxidation sites excluding steroid dienone is 5. The van der Waals surface area contributed by atoms with E-state index in [-0.39, 0.29) is 0 Å². The quantitative estimate of drug-likeness (QED) is 0.717. The molecule has 13 heavy (non-hydrogen) atoms. The van der Waals surface area contributed by atoms with Gasteiger partial charge in [0, 0.05) is 10.2 Å². The van der Waals surface area contributed by atoms with E-state index in [0.717, 1.165) is 35.0 Å². The van der Waals surface area contributed by atoms with Gasteiger partial charge in [-0.2, -0.15) is 0 Å². The van der Waals surface area contributed by atoms with Crippen molar-refractivity contribution in [2.45, 2.75) is 26.2 Å². The zero-order chi connectivity index (χ0) is 9.84. The largest absolute Gasteiger partial charge is 0.305 e. The van der Waals surface area contributed by atoms with Crippen molar-refractivity contribution in [2.75, 3.05) is 0 Å². The summed E-state index contributed by atoms with van der Waals surface area (Å²) >= 11 is 3.30. The minimum absolute atomic E-state index is 0.736. The zero-order valence-corrected chi connectivity index (χ0v) is 9.45. The fourth-order valence-corrected chi connectivity index (χ4v) is 1.78. The number of rotatable bonds is 1. The first-order valence-corrected chi connectivity index (χ1v) is 5.24. The van der Waals surface area contributed by atoms with E-state index in [0.29, 0.717) is 0 Å². The van der Waals surface area contributed by atoms with Crippen LogP contribution in [0.4, 0.5) is 0 Å². The van der Waals surface area contributed by atoms with Crippen LogP contribution in [0.3, 0.4) is 0 Å². The summed E-state index contributed by atoms with van der Waals surface area (Å²) in [5, 5.41) is 7.80. The molecule has 0 aromatic rings. The first kappa shape index (κ1) is 10.5. The topological polar surface area (TPSA) is 23.9 Å². The predicted molar refractivity (Wildman–Crippen MR) is 61.5 cm³/mol. The van der Waals surface area contributed by atoms with E-state index in [9.17, 15) is 0 Å². The van der Waals surface area contributed by atoms with Crippen LogP contribution in [0.15, 0.2) is 34.4 Å². The van der Waals surface area contributed by atoms with Gasteiger partial charge in [-0.15, -0.1) is 0 Å². The molecule has 0 atom stereocenters. The van der Waals surface area contributed by atoms with Crippen LogP contribution in [0.2, 0.25) is 0 Å². The van der Waals surface area contributed by atoms with Gasteiger partial charge in [0.2, 0.25) is 0 Å². The Morgan fingerprint density at radius 1 is 1.54 bits per heavy atom. The number of nitrogens with one attached hydrogen (secondary N) is 1. The summed E-state index contributed by atoms with van der Waals surface area (Å²) in [6.45, 7) is 5.80. The summed E-state index contributed by atoms with van der Waals surface area (Å²) in [5.74, 6) is 0. The predicted octanol–water partition coefficient (Wildman–Crippen LogP) is 3.97. The molecule has 0 unspecified atom stereocenters. The first-order valence-electron chi connectivity index (χ1n) is 4.44. The Morgan fingerprint density at radius 3 is 2.77 bits per heavy atom. The lowest BCUT2D eigenvalue weighted by molar-refractivity contribution is 0.830. The third-order valence-corrected chi connectivity index (χ3v) is 2.42. The van der Waals surface area contributed by atoms with Crippen LogP contribution in [-0.4, -0.2) is 5.71 Å². The number of halogens is 1. The average molecular weight is 240 g/mol. The smallest absolute Gasteiger partial charge is 0.0389 e. The molecule has 0 aliphatic heterocycles. The van der Waals surface area contributed by atoms with Crippen molar-refractivity contribution in [3.8, 4) is 0 Å². The molecule has 1 nitrogen and oxygen atoms in total. The second-order valence-corrected chi connectivity index (χ2v) is 4.17. The summed E-state index contributed by atoms with van der Waals surface area (Å²) in [6, 6.07) is 0. The number of hydrogen-bond acceptors (Lipinski definition) is 1. The molecule has 1 saturated carbocycles. The molecular weight excluding hydrogens is 226 g/mol. The van der Waals surface area contributed by atoms with Gasteiger partial charge >= 0.3 is 0 Å². The highest BCUT2D eigenvalue weighted by atomic mass is 79.9. The van der Waals surface area contributed by atoms with Crippen molar-refractivity contribution in [2.24, 2.45) is 0 Å². The molecule has 0 saturated heterocycles. The van der Waals surface area contributed by atoms with Crippen LogP contribution >= 0.6 is 15.9 Å². The van der Waals surface area contributed by atoms with Crippen LogP contribution in [0.5, 0.6) is 0 Å². The summed E-state index contributed by atoms with van der Waals surface area (Å²) in [7, 11) is 0. The van der Waals surface area contributed by atoms with E-state index in [2.05, 4.69) is 28.6 Å². The maximum Gasteiger partial charge on any atom is 0.0389 e. The van der Waals surface area contributed by atoms with Crippen molar-refractivity contribution in [1.29, 1.82) is 5.41 Å². The lowest BCUT2D eigenvalue weighted by Crippen LogP contribution is -2.10. The van der Waals surface area contributed by atoms with Crippen LogP contribution in [-0.2, 0) is 0 Å². The monoisotopic (exact) mass is 239 g/mol. The Labute approximate surface area is 87.9 Å². The van der Waals surface area contributed by atoms with Gasteiger partial charge in [0.1, 0.15) is 0 Å². The van der Waals surface area contributed by atoms with Gasteiger partial charge in [0.15, 0.2) is 0 Å². The van der Waals surface area contributed by atoms with Crippen LogP contribution in [0, 0.1) is 5.41 Å². The van der Waals surface area contributed by atoms with Gasteiger partial charge in [-0.25, -0.2) is 0 Å². The van der Waals surface area contributed by atoms with E-state index in [1.54, 1.807) is 0 Å². The van der Waals surface area contributed by atoms with Gasteiger partial charge in [-0.3, -0.25) is 0 Å². The molecule has 1 aliphatic rings. The van der Waals surface area contributed by atoms with Crippen LogP contribution in [0.1, 0.15) is 26.2 Å². The van der Waals surface area contributed by atoms with Crippen LogP contribution in [0.25, 0.3) is 0 Å². The average Bonchev–Trinajstić information content (AvgIpc) is 2.08. The highest BCUT2D eigenvalue weighted by Crippen LogP contribution is 2.27. The lowest BCUT2D eigenvalue weighted by atomic mass is 9.87. The summed E-state index contributed by atoms with van der Waals surface area (Å²) in [6.07, 6.45) is 7.12. The molecule has 2 heteroatoms. The molecule has 0 heterocycles. The first-order chi connectivity index (χ1) is 6.15. The zero-order valence-electron chi connectivity index (χ0n) is 7.86. The second kappa shape index (κ2) is 4.56. The molecule has 0 amide bonds. The minimum Gasteiger partial charge on any atom is -0.305 e. The van der Waals surface area contributed by atoms with Gasteiger partial charge in [0.25, 0.3) is 0 Å². The highest BCUT2D eigenvalue weighted by molar-refractivity contribution is 9.11. The molecule has 1 rings (SSSR count). The van der Waals surface area contributed by atoms with Crippen molar-refractivity contribution in [1.82, 2.24) is 0 Å². The minimum atomic E-state index is 0.736. The van der Waals surface area contributed by atoms with E-state index >= 15 is 0 Å².